The molecule has 84 valence electrons. The minimum atomic E-state index is 0.696. The van der Waals surface area contributed by atoms with Gasteiger partial charge in [0.1, 0.15) is 0 Å². The molecule has 1 N–H and O–H groups in total. The van der Waals surface area contributed by atoms with Crippen molar-refractivity contribution >= 4 is 11.6 Å². The lowest BCUT2D eigenvalue weighted by Crippen LogP contribution is -2.12. The van der Waals surface area contributed by atoms with Gasteiger partial charge in [0.25, 0.3) is 0 Å². The lowest BCUT2D eigenvalue weighted by molar-refractivity contribution is 0.691. The van der Waals surface area contributed by atoms with Crippen LogP contribution in [0.5, 0.6) is 0 Å². The zero-order chi connectivity index (χ0) is 11.4. The van der Waals surface area contributed by atoms with Gasteiger partial charge in [-0.1, -0.05) is 11.6 Å². The number of nitrogens with one attached hydrogen (secondary N) is 1. The lowest BCUT2D eigenvalue weighted by Gasteiger charge is -2.04. The number of hydrogen-bond acceptors (Lipinski definition) is 3. The minimum absolute atomic E-state index is 0.696. The van der Waals surface area contributed by atoms with E-state index in [-0.39, 0.29) is 0 Å². The van der Waals surface area contributed by atoms with E-state index in [1.807, 2.05) is 25.5 Å². The second-order valence-corrected chi connectivity index (χ2v) is 4.00. The van der Waals surface area contributed by atoms with Crippen molar-refractivity contribution < 1.29 is 0 Å². The number of rotatable bonds is 4. The molecule has 0 unspecified atom stereocenters. The van der Waals surface area contributed by atoms with E-state index in [9.17, 15) is 0 Å². The number of nitrogens with zero attached hydrogens (tertiary/aromatic N) is 3. The van der Waals surface area contributed by atoms with E-state index in [0.29, 0.717) is 5.02 Å². The van der Waals surface area contributed by atoms with E-state index in [1.54, 1.807) is 17.1 Å². The Hall–Kier alpha value is -1.39. The molecule has 5 heteroatoms. The molecule has 0 fully saturated rings. The number of halogens is 1. The molecule has 0 spiro atoms. The molecule has 0 aliphatic rings. The van der Waals surface area contributed by atoms with Gasteiger partial charge in [-0.2, -0.15) is 5.10 Å². The van der Waals surface area contributed by atoms with Crippen molar-refractivity contribution in [3.63, 3.8) is 0 Å². The predicted molar refractivity (Wildman–Crippen MR) is 63.0 cm³/mol. The smallest absolute Gasteiger partial charge is 0.0634 e. The molecule has 0 saturated heterocycles. The van der Waals surface area contributed by atoms with Crippen molar-refractivity contribution in [2.24, 2.45) is 7.05 Å². The van der Waals surface area contributed by atoms with Crippen LogP contribution in [0.1, 0.15) is 11.1 Å². The molecule has 4 nitrogen and oxygen atoms in total. The van der Waals surface area contributed by atoms with Gasteiger partial charge in [0.2, 0.25) is 0 Å². The summed E-state index contributed by atoms with van der Waals surface area (Å²) in [5.74, 6) is 0. The summed E-state index contributed by atoms with van der Waals surface area (Å²) in [6.07, 6.45) is 7.23. The Morgan fingerprint density at radius 1 is 1.38 bits per heavy atom. The highest BCUT2D eigenvalue weighted by Gasteiger charge is 2.00. The van der Waals surface area contributed by atoms with Gasteiger partial charge in [-0.25, -0.2) is 0 Å². The van der Waals surface area contributed by atoms with Crippen LogP contribution in [0.3, 0.4) is 0 Å². The van der Waals surface area contributed by atoms with E-state index >= 15 is 0 Å². The number of aromatic nitrogens is 3. The van der Waals surface area contributed by atoms with Crippen molar-refractivity contribution in [1.82, 2.24) is 20.1 Å². The predicted octanol–water partition coefficient (Wildman–Crippen LogP) is 1.76. The summed E-state index contributed by atoms with van der Waals surface area (Å²) in [6.45, 7) is 1.52. The molecule has 0 amide bonds. The van der Waals surface area contributed by atoms with Crippen LogP contribution >= 0.6 is 11.6 Å². The van der Waals surface area contributed by atoms with Crippen LogP contribution in [0.15, 0.2) is 30.9 Å². The van der Waals surface area contributed by atoms with E-state index in [2.05, 4.69) is 15.4 Å². The summed E-state index contributed by atoms with van der Waals surface area (Å²) in [5.41, 5.74) is 2.22. The minimum Gasteiger partial charge on any atom is -0.308 e. The summed E-state index contributed by atoms with van der Waals surface area (Å²) in [6, 6.07) is 1.92. The molecule has 0 aliphatic carbocycles. The maximum absolute atomic E-state index is 5.99. The lowest BCUT2D eigenvalue weighted by atomic mass is 10.2. The average Bonchev–Trinajstić information content (AvgIpc) is 2.67. The molecule has 0 bridgehead atoms. The summed E-state index contributed by atoms with van der Waals surface area (Å²) < 4.78 is 1.79. The van der Waals surface area contributed by atoms with E-state index in [1.165, 1.54) is 0 Å². The van der Waals surface area contributed by atoms with Crippen molar-refractivity contribution in [1.29, 1.82) is 0 Å². The number of hydrogen-bond donors (Lipinski definition) is 1. The quantitative estimate of drug-likeness (QED) is 0.880. The number of aryl methyl sites for hydroxylation is 1. The van der Waals surface area contributed by atoms with Crippen molar-refractivity contribution in [2.75, 3.05) is 0 Å². The van der Waals surface area contributed by atoms with E-state index < -0.39 is 0 Å². The van der Waals surface area contributed by atoms with Crippen LogP contribution in [-0.4, -0.2) is 14.8 Å². The summed E-state index contributed by atoms with van der Waals surface area (Å²) in [7, 11) is 1.91. The first-order chi connectivity index (χ1) is 7.75. The second kappa shape index (κ2) is 5.09. The number of pyridine rings is 1. The summed E-state index contributed by atoms with van der Waals surface area (Å²) in [4.78, 5) is 3.94. The fourth-order valence-corrected chi connectivity index (χ4v) is 1.64. The Balaban J connectivity index is 1.87. The normalized spacial score (nSPS) is 10.6. The van der Waals surface area contributed by atoms with Crippen LogP contribution in [0.4, 0.5) is 0 Å². The molecular formula is C11H13ClN4. The monoisotopic (exact) mass is 236 g/mol. The van der Waals surface area contributed by atoms with Gasteiger partial charge in [0.15, 0.2) is 0 Å². The molecule has 2 aromatic rings. The Labute approximate surface area is 99.3 Å². The second-order valence-electron chi connectivity index (χ2n) is 3.59. The van der Waals surface area contributed by atoms with Gasteiger partial charge >= 0.3 is 0 Å². The molecule has 0 atom stereocenters. The highest BCUT2D eigenvalue weighted by atomic mass is 35.5. The molecule has 2 heterocycles. The van der Waals surface area contributed by atoms with Crippen LogP contribution in [0.2, 0.25) is 5.02 Å². The highest BCUT2D eigenvalue weighted by molar-refractivity contribution is 6.31. The van der Waals surface area contributed by atoms with Gasteiger partial charge in [-0.3, -0.25) is 9.67 Å². The molecule has 0 aliphatic heterocycles. The van der Waals surface area contributed by atoms with E-state index in [0.717, 1.165) is 24.2 Å². The molecule has 0 radical (unpaired) electrons. The molecule has 2 rings (SSSR count). The molecule has 0 saturated carbocycles. The van der Waals surface area contributed by atoms with Crippen molar-refractivity contribution in [3.05, 3.63) is 47.0 Å². The van der Waals surface area contributed by atoms with Gasteiger partial charge in [-0.15, -0.1) is 0 Å². The maximum atomic E-state index is 5.99. The molecular weight excluding hydrogens is 224 g/mol. The Kier molecular flexibility index (Phi) is 3.54. The fourth-order valence-electron chi connectivity index (χ4n) is 1.45. The molecule has 0 aromatic carbocycles. The molecule has 16 heavy (non-hydrogen) atoms. The maximum Gasteiger partial charge on any atom is 0.0634 e. The zero-order valence-corrected chi connectivity index (χ0v) is 9.78. The largest absolute Gasteiger partial charge is 0.308 e. The zero-order valence-electron chi connectivity index (χ0n) is 9.02. The Morgan fingerprint density at radius 3 is 2.94 bits per heavy atom. The van der Waals surface area contributed by atoms with Crippen LogP contribution in [0, 0.1) is 0 Å². The van der Waals surface area contributed by atoms with Gasteiger partial charge in [-0.05, 0) is 11.6 Å². The SMILES string of the molecule is Cn1cc(CNCc2ccncc2Cl)cn1. The Morgan fingerprint density at radius 2 is 2.25 bits per heavy atom. The van der Waals surface area contributed by atoms with Gasteiger partial charge in [0.05, 0.1) is 11.2 Å². The fraction of sp³-hybridized carbons (Fsp3) is 0.273. The first kappa shape index (κ1) is 11.1. The third-order valence-corrected chi connectivity index (χ3v) is 2.60. The van der Waals surface area contributed by atoms with Crippen LogP contribution in [0.25, 0.3) is 0 Å². The first-order valence-corrected chi connectivity index (χ1v) is 5.40. The average molecular weight is 237 g/mol. The van der Waals surface area contributed by atoms with Crippen molar-refractivity contribution in [3.8, 4) is 0 Å². The van der Waals surface area contributed by atoms with Crippen LogP contribution in [-0.2, 0) is 20.1 Å². The van der Waals surface area contributed by atoms with E-state index in [4.69, 9.17) is 11.6 Å². The Bertz CT molecular complexity index is 467. The molecule has 2 aromatic heterocycles. The van der Waals surface area contributed by atoms with Gasteiger partial charge in [0, 0.05) is 44.3 Å². The highest BCUT2D eigenvalue weighted by Crippen LogP contribution is 2.12. The summed E-state index contributed by atoms with van der Waals surface area (Å²) in [5, 5.41) is 8.10. The summed E-state index contributed by atoms with van der Waals surface area (Å²) >= 11 is 5.99. The third-order valence-electron chi connectivity index (χ3n) is 2.26. The standard InChI is InChI=1S/C11H13ClN4/c1-16-8-9(5-15-16)4-14-6-10-2-3-13-7-11(10)12/h2-3,5,7-8,14H,4,6H2,1H3. The van der Waals surface area contributed by atoms with Crippen LogP contribution < -0.4 is 5.32 Å². The van der Waals surface area contributed by atoms with Gasteiger partial charge < -0.3 is 5.32 Å². The first-order valence-electron chi connectivity index (χ1n) is 5.02. The van der Waals surface area contributed by atoms with Crippen molar-refractivity contribution in [2.45, 2.75) is 13.1 Å². The third kappa shape index (κ3) is 2.81. The topological polar surface area (TPSA) is 42.7 Å².